The normalized spacial score (nSPS) is 10.5. The molecule has 3 aromatic rings. The maximum Gasteiger partial charge on any atom is 0.383 e. The van der Waals surface area contributed by atoms with Crippen molar-refractivity contribution in [2.45, 2.75) is 13.3 Å². The number of aromatic nitrogens is 2. The number of aryl methyl sites for hydroxylation is 1. The minimum Gasteiger partial charge on any atom is -0.334 e. The molecule has 0 aliphatic rings. The predicted molar refractivity (Wildman–Crippen MR) is 102 cm³/mol. The average Bonchev–Trinajstić information content (AvgIpc) is 3.04. The van der Waals surface area contributed by atoms with Gasteiger partial charge >= 0.3 is 5.97 Å². The third-order valence-electron chi connectivity index (χ3n) is 3.70. The molecule has 27 heavy (non-hydrogen) atoms. The van der Waals surface area contributed by atoms with Gasteiger partial charge in [0.1, 0.15) is 0 Å². The van der Waals surface area contributed by atoms with E-state index in [0.717, 1.165) is 5.56 Å². The molecule has 3 rings (SSSR count). The minimum absolute atomic E-state index is 0.0311. The predicted octanol–water partition coefficient (Wildman–Crippen LogP) is 3.92. The molecule has 0 unspecified atom stereocenters. The molecule has 0 aliphatic heterocycles. The summed E-state index contributed by atoms with van der Waals surface area (Å²) in [5, 5.41) is 5.11. The molecule has 0 bridgehead atoms. The van der Waals surface area contributed by atoms with Crippen LogP contribution >= 0.6 is 23.2 Å². The van der Waals surface area contributed by atoms with Gasteiger partial charge in [0.15, 0.2) is 5.69 Å². The van der Waals surface area contributed by atoms with Gasteiger partial charge in [-0.25, -0.2) is 9.48 Å². The minimum atomic E-state index is -0.781. The lowest BCUT2D eigenvalue weighted by atomic mass is 10.1. The van der Waals surface area contributed by atoms with E-state index in [9.17, 15) is 9.59 Å². The number of halogens is 2. The van der Waals surface area contributed by atoms with Crippen LogP contribution in [0.1, 0.15) is 21.7 Å². The number of amides is 1. The Hall–Kier alpha value is -2.83. The van der Waals surface area contributed by atoms with Gasteiger partial charge in [0.05, 0.1) is 17.1 Å². The van der Waals surface area contributed by atoms with E-state index in [2.05, 4.69) is 10.6 Å². The van der Waals surface area contributed by atoms with Crippen LogP contribution in [0.2, 0.25) is 10.0 Å². The first kappa shape index (κ1) is 18.9. The van der Waals surface area contributed by atoms with Crippen molar-refractivity contribution in [1.29, 1.82) is 0 Å². The van der Waals surface area contributed by atoms with E-state index < -0.39 is 11.9 Å². The standard InChI is InChI=1S/C19H15Cl2N3O3/c1-12-9-16(22-24(12)17-11-14(20)7-8-15(17)21)19(26)27-23-18(25)10-13-5-3-2-4-6-13/h2-9,11H,10H2,1H3,(H,23,25). The van der Waals surface area contributed by atoms with Gasteiger partial charge in [0.2, 0.25) is 0 Å². The summed E-state index contributed by atoms with van der Waals surface area (Å²) in [7, 11) is 0. The number of hydrogen-bond donors (Lipinski definition) is 1. The number of nitrogens with zero attached hydrogens (tertiary/aromatic N) is 2. The van der Waals surface area contributed by atoms with Gasteiger partial charge in [0, 0.05) is 10.7 Å². The SMILES string of the molecule is Cc1cc(C(=O)ONC(=O)Cc2ccccc2)nn1-c1cc(Cl)ccc1Cl. The maximum atomic E-state index is 12.2. The summed E-state index contributed by atoms with van der Waals surface area (Å²) < 4.78 is 1.48. The zero-order chi connectivity index (χ0) is 19.4. The molecule has 0 radical (unpaired) electrons. The number of nitrogens with one attached hydrogen (secondary N) is 1. The fraction of sp³-hybridized carbons (Fsp3) is 0.105. The fourth-order valence-corrected chi connectivity index (χ4v) is 2.80. The molecule has 1 aromatic heterocycles. The number of benzene rings is 2. The highest BCUT2D eigenvalue weighted by Crippen LogP contribution is 2.25. The van der Waals surface area contributed by atoms with Crippen molar-refractivity contribution < 1.29 is 14.4 Å². The molecule has 6 nitrogen and oxygen atoms in total. The Bertz CT molecular complexity index is 987. The first-order valence-electron chi connectivity index (χ1n) is 8.00. The Morgan fingerprint density at radius 3 is 2.59 bits per heavy atom. The highest BCUT2D eigenvalue weighted by Gasteiger charge is 2.17. The Kier molecular flexibility index (Phi) is 5.78. The third-order valence-corrected chi connectivity index (χ3v) is 4.25. The Morgan fingerprint density at radius 2 is 1.85 bits per heavy atom. The van der Waals surface area contributed by atoms with Crippen LogP contribution in [-0.2, 0) is 16.1 Å². The Morgan fingerprint density at radius 1 is 1.11 bits per heavy atom. The molecule has 8 heteroatoms. The van der Waals surface area contributed by atoms with Crippen molar-refractivity contribution >= 4 is 35.1 Å². The quantitative estimate of drug-likeness (QED) is 0.669. The van der Waals surface area contributed by atoms with E-state index in [-0.39, 0.29) is 12.1 Å². The van der Waals surface area contributed by atoms with Crippen molar-refractivity contribution in [3.63, 3.8) is 0 Å². The van der Waals surface area contributed by atoms with Crippen LogP contribution in [0, 0.1) is 6.92 Å². The van der Waals surface area contributed by atoms with Gasteiger partial charge in [-0.15, -0.1) is 0 Å². The summed E-state index contributed by atoms with van der Waals surface area (Å²) in [5.74, 6) is -1.22. The van der Waals surface area contributed by atoms with E-state index in [1.165, 1.54) is 10.7 Å². The fourth-order valence-electron chi connectivity index (χ4n) is 2.44. The summed E-state index contributed by atoms with van der Waals surface area (Å²) >= 11 is 12.2. The first-order valence-corrected chi connectivity index (χ1v) is 8.75. The summed E-state index contributed by atoms with van der Waals surface area (Å²) in [4.78, 5) is 28.9. The van der Waals surface area contributed by atoms with Crippen molar-refractivity contribution in [3.05, 3.63) is 81.6 Å². The molecule has 138 valence electrons. The van der Waals surface area contributed by atoms with Gasteiger partial charge < -0.3 is 4.84 Å². The van der Waals surface area contributed by atoms with E-state index in [0.29, 0.717) is 21.4 Å². The van der Waals surface area contributed by atoms with Crippen LogP contribution in [0.5, 0.6) is 0 Å². The summed E-state index contributed by atoms with van der Waals surface area (Å²) in [6, 6.07) is 15.6. The molecule has 0 atom stereocenters. The molecule has 0 saturated heterocycles. The van der Waals surface area contributed by atoms with Crippen molar-refractivity contribution in [3.8, 4) is 5.69 Å². The Balaban J connectivity index is 1.67. The number of carbonyl (C=O) groups is 2. The first-order chi connectivity index (χ1) is 12.9. The molecule has 0 aliphatic carbocycles. The number of rotatable bonds is 4. The van der Waals surface area contributed by atoms with Gasteiger partial charge in [-0.2, -0.15) is 10.6 Å². The molecule has 0 spiro atoms. The molecule has 0 fully saturated rings. The zero-order valence-electron chi connectivity index (χ0n) is 14.3. The molecule has 2 aromatic carbocycles. The number of hydroxylamine groups is 1. The lowest BCUT2D eigenvalue weighted by Gasteiger charge is -2.07. The molecular weight excluding hydrogens is 389 g/mol. The Labute approximate surface area is 165 Å². The van der Waals surface area contributed by atoms with E-state index in [1.807, 2.05) is 18.2 Å². The van der Waals surface area contributed by atoms with Gasteiger partial charge in [-0.05, 0) is 36.8 Å². The monoisotopic (exact) mass is 403 g/mol. The highest BCUT2D eigenvalue weighted by molar-refractivity contribution is 6.34. The second-order valence-electron chi connectivity index (χ2n) is 5.76. The number of carbonyl (C=O) groups excluding carboxylic acids is 2. The summed E-state index contributed by atoms with van der Waals surface area (Å²) in [6.45, 7) is 1.76. The van der Waals surface area contributed by atoms with Crippen molar-refractivity contribution in [2.24, 2.45) is 0 Å². The van der Waals surface area contributed by atoms with Crippen LogP contribution in [0.3, 0.4) is 0 Å². The van der Waals surface area contributed by atoms with Crippen LogP contribution in [0.4, 0.5) is 0 Å². The molecule has 1 amide bonds. The van der Waals surface area contributed by atoms with Gasteiger partial charge in [-0.1, -0.05) is 53.5 Å². The topological polar surface area (TPSA) is 73.2 Å². The smallest absolute Gasteiger partial charge is 0.334 e. The summed E-state index contributed by atoms with van der Waals surface area (Å²) in [5.41, 5.74) is 4.16. The molecule has 1 heterocycles. The van der Waals surface area contributed by atoms with Gasteiger partial charge in [-0.3, -0.25) is 4.79 Å². The molecule has 1 N–H and O–H groups in total. The molecular formula is C19H15Cl2N3O3. The average molecular weight is 404 g/mol. The largest absolute Gasteiger partial charge is 0.383 e. The van der Waals surface area contributed by atoms with E-state index in [4.69, 9.17) is 28.0 Å². The maximum absolute atomic E-state index is 12.2. The van der Waals surface area contributed by atoms with E-state index >= 15 is 0 Å². The zero-order valence-corrected chi connectivity index (χ0v) is 15.8. The van der Waals surface area contributed by atoms with Crippen molar-refractivity contribution in [2.75, 3.05) is 0 Å². The van der Waals surface area contributed by atoms with Crippen LogP contribution in [-0.4, -0.2) is 21.7 Å². The van der Waals surface area contributed by atoms with Crippen molar-refractivity contribution in [1.82, 2.24) is 15.3 Å². The second kappa shape index (κ2) is 8.24. The summed E-state index contributed by atoms with van der Waals surface area (Å²) in [6.07, 6.45) is 0.0969. The lowest BCUT2D eigenvalue weighted by molar-refractivity contribution is -0.129. The lowest BCUT2D eigenvalue weighted by Crippen LogP contribution is -2.28. The molecule has 0 saturated carbocycles. The highest BCUT2D eigenvalue weighted by atomic mass is 35.5. The second-order valence-corrected chi connectivity index (χ2v) is 6.60. The van der Waals surface area contributed by atoms with Crippen LogP contribution in [0.25, 0.3) is 5.69 Å². The third kappa shape index (κ3) is 4.67. The van der Waals surface area contributed by atoms with Crippen LogP contribution < -0.4 is 5.48 Å². The number of hydrogen-bond acceptors (Lipinski definition) is 4. The van der Waals surface area contributed by atoms with Crippen LogP contribution in [0.15, 0.2) is 54.6 Å². The van der Waals surface area contributed by atoms with E-state index in [1.54, 1.807) is 37.3 Å². The van der Waals surface area contributed by atoms with Gasteiger partial charge in [0.25, 0.3) is 5.91 Å².